The van der Waals surface area contributed by atoms with Gasteiger partial charge >= 0.3 is 0 Å². The van der Waals surface area contributed by atoms with E-state index in [0.717, 1.165) is 42.6 Å². The normalized spacial score (nSPS) is 24.0. The van der Waals surface area contributed by atoms with Crippen LogP contribution in [0.4, 0.5) is 0 Å². The number of benzene rings is 2. The van der Waals surface area contributed by atoms with E-state index >= 15 is 0 Å². The summed E-state index contributed by atoms with van der Waals surface area (Å²) in [6.45, 7) is 4.23. The molecule has 0 radical (unpaired) electrons. The molecule has 5 heteroatoms. The molecule has 0 unspecified atom stereocenters. The van der Waals surface area contributed by atoms with Gasteiger partial charge < -0.3 is 4.74 Å². The van der Waals surface area contributed by atoms with Gasteiger partial charge in [-0.3, -0.25) is 5.32 Å². The molecule has 1 heterocycles. The Morgan fingerprint density at radius 1 is 1.11 bits per heavy atom. The highest BCUT2D eigenvalue weighted by atomic mass is 32.2. The summed E-state index contributed by atoms with van der Waals surface area (Å²) >= 11 is 0. The summed E-state index contributed by atoms with van der Waals surface area (Å²) in [7, 11) is -1.72. The molecule has 1 aliphatic rings. The molecule has 3 rings (SSSR count). The molecule has 0 aromatic heterocycles. The molecule has 0 saturated carbocycles. The summed E-state index contributed by atoms with van der Waals surface area (Å²) in [5.41, 5.74) is 1.45. The van der Waals surface area contributed by atoms with Gasteiger partial charge in [-0.2, -0.15) is 0 Å². The zero-order valence-electron chi connectivity index (χ0n) is 16.4. The van der Waals surface area contributed by atoms with Crippen molar-refractivity contribution in [3.05, 3.63) is 59.7 Å². The highest BCUT2D eigenvalue weighted by Crippen LogP contribution is 2.38. The standard InChI is InChI=1S/C22H29NO3S/c1-4-6-15-22(5-2)16-27(24,25)20-10-8-7-9-19(20)21(23-22)17-11-13-18(26-3)14-12-17/h7-14,21,23H,4-6,15-16H2,1-3H3/t21-,22-/m0/s1. The first kappa shape index (κ1) is 19.9. The molecule has 27 heavy (non-hydrogen) atoms. The molecule has 0 aliphatic carbocycles. The second kappa shape index (κ2) is 8.03. The molecule has 1 N–H and O–H groups in total. The van der Waals surface area contributed by atoms with Crippen LogP contribution in [0.2, 0.25) is 0 Å². The number of methoxy groups -OCH3 is 1. The van der Waals surface area contributed by atoms with Gasteiger partial charge in [-0.15, -0.1) is 0 Å². The van der Waals surface area contributed by atoms with Gasteiger partial charge in [-0.1, -0.05) is 57.0 Å². The predicted molar refractivity (Wildman–Crippen MR) is 109 cm³/mol. The third-order valence-corrected chi connectivity index (χ3v) is 7.59. The van der Waals surface area contributed by atoms with E-state index in [1.807, 2.05) is 42.5 Å². The maximum absolute atomic E-state index is 13.2. The Balaban J connectivity index is 2.15. The summed E-state index contributed by atoms with van der Waals surface area (Å²) < 4.78 is 31.8. The number of sulfone groups is 1. The van der Waals surface area contributed by atoms with Crippen molar-refractivity contribution < 1.29 is 13.2 Å². The SMILES string of the molecule is CCCC[C@@]1(CC)CS(=O)(=O)c2ccccc2[C@H](c2ccc(OC)cc2)N1. The molecule has 4 nitrogen and oxygen atoms in total. The number of rotatable bonds is 6. The molecule has 0 saturated heterocycles. The van der Waals surface area contributed by atoms with Crippen molar-refractivity contribution in [3.8, 4) is 5.75 Å². The number of hydrogen-bond donors (Lipinski definition) is 1. The van der Waals surface area contributed by atoms with Crippen LogP contribution in [-0.2, 0) is 9.84 Å². The third-order valence-electron chi connectivity index (χ3n) is 5.62. The van der Waals surface area contributed by atoms with Crippen LogP contribution in [0.1, 0.15) is 56.7 Å². The number of hydrogen-bond acceptors (Lipinski definition) is 4. The van der Waals surface area contributed by atoms with Crippen LogP contribution < -0.4 is 10.1 Å². The van der Waals surface area contributed by atoms with Crippen LogP contribution in [0.3, 0.4) is 0 Å². The predicted octanol–water partition coefficient (Wildman–Crippen LogP) is 4.50. The first-order valence-electron chi connectivity index (χ1n) is 9.68. The van der Waals surface area contributed by atoms with Crippen molar-refractivity contribution in [2.24, 2.45) is 0 Å². The topological polar surface area (TPSA) is 55.4 Å². The van der Waals surface area contributed by atoms with Crippen molar-refractivity contribution in [2.45, 2.75) is 56.0 Å². The Morgan fingerprint density at radius 2 is 1.81 bits per heavy atom. The van der Waals surface area contributed by atoms with Gasteiger partial charge in [-0.25, -0.2) is 8.42 Å². The second-order valence-electron chi connectivity index (χ2n) is 7.38. The molecule has 1 aliphatic heterocycles. The molecular formula is C22H29NO3S. The van der Waals surface area contributed by atoms with E-state index in [1.165, 1.54) is 0 Å². The van der Waals surface area contributed by atoms with E-state index in [9.17, 15) is 8.42 Å². The third kappa shape index (κ3) is 4.04. The van der Waals surface area contributed by atoms with Crippen LogP contribution in [0.25, 0.3) is 0 Å². The van der Waals surface area contributed by atoms with Gasteiger partial charge in [0.05, 0.1) is 23.8 Å². The summed E-state index contributed by atoms with van der Waals surface area (Å²) in [5.74, 6) is 0.932. The molecule has 146 valence electrons. The van der Waals surface area contributed by atoms with Crippen molar-refractivity contribution >= 4 is 9.84 Å². The number of unbranched alkanes of at least 4 members (excludes halogenated alkanes) is 1. The lowest BCUT2D eigenvalue weighted by atomic mass is 9.88. The zero-order valence-corrected chi connectivity index (χ0v) is 17.2. The van der Waals surface area contributed by atoms with Crippen molar-refractivity contribution in [3.63, 3.8) is 0 Å². The Labute approximate surface area is 162 Å². The van der Waals surface area contributed by atoms with E-state index in [1.54, 1.807) is 13.2 Å². The van der Waals surface area contributed by atoms with Gasteiger partial charge in [0, 0.05) is 5.54 Å². The number of fused-ring (bicyclic) bond motifs is 1. The lowest BCUT2D eigenvalue weighted by Crippen LogP contribution is -2.50. The van der Waals surface area contributed by atoms with Crippen LogP contribution in [0.5, 0.6) is 5.75 Å². The van der Waals surface area contributed by atoms with Crippen LogP contribution in [-0.4, -0.2) is 26.8 Å². The van der Waals surface area contributed by atoms with Crippen LogP contribution in [0, 0.1) is 0 Å². The minimum Gasteiger partial charge on any atom is -0.497 e. The van der Waals surface area contributed by atoms with Crippen LogP contribution in [0.15, 0.2) is 53.4 Å². The van der Waals surface area contributed by atoms with Crippen LogP contribution >= 0.6 is 0 Å². The maximum Gasteiger partial charge on any atom is 0.180 e. The zero-order chi connectivity index (χ0) is 19.5. The molecule has 2 aromatic carbocycles. The fraction of sp³-hybridized carbons (Fsp3) is 0.455. The van der Waals surface area contributed by atoms with E-state index in [4.69, 9.17) is 4.74 Å². The highest BCUT2D eigenvalue weighted by Gasteiger charge is 2.41. The fourth-order valence-electron chi connectivity index (χ4n) is 3.97. The number of ether oxygens (including phenoxy) is 1. The molecule has 0 amide bonds. The largest absolute Gasteiger partial charge is 0.497 e. The maximum atomic E-state index is 13.2. The van der Waals surface area contributed by atoms with Gasteiger partial charge in [0.15, 0.2) is 9.84 Å². The number of nitrogens with one attached hydrogen (secondary N) is 1. The van der Waals surface area contributed by atoms with Gasteiger partial charge in [0.2, 0.25) is 0 Å². The Hall–Kier alpha value is -1.85. The van der Waals surface area contributed by atoms with E-state index in [2.05, 4.69) is 19.2 Å². The molecule has 0 bridgehead atoms. The first-order valence-corrected chi connectivity index (χ1v) is 11.3. The molecule has 0 spiro atoms. The summed E-state index contributed by atoms with van der Waals surface area (Å²) in [5, 5.41) is 3.76. The monoisotopic (exact) mass is 387 g/mol. The van der Waals surface area contributed by atoms with E-state index in [0.29, 0.717) is 4.90 Å². The minimum atomic E-state index is -3.37. The second-order valence-corrected chi connectivity index (χ2v) is 9.34. The Morgan fingerprint density at radius 3 is 2.44 bits per heavy atom. The lowest BCUT2D eigenvalue weighted by molar-refractivity contribution is 0.295. The van der Waals surface area contributed by atoms with Gasteiger partial charge in [-0.05, 0) is 42.2 Å². The molecule has 0 fully saturated rings. The van der Waals surface area contributed by atoms with Crippen molar-refractivity contribution in [1.82, 2.24) is 5.32 Å². The summed E-state index contributed by atoms with van der Waals surface area (Å²) in [4.78, 5) is 0.449. The molecule has 2 aromatic rings. The quantitative estimate of drug-likeness (QED) is 0.793. The lowest BCUT2D eigenvalue weighted by Gasteiger charge is -2.36. The van der Waals surface area contributed by atoms with Crippen molar-refractivity contribution in [2.75, 3.05) is 12.9 Å². The summed E-state index contributed by atoms with van der Waals surface area (Å²) in [6, 6.07) is 15.1. The summed E-state index contributed by atoms with van der Waals surface area (Å²) in [6.07, 6.45) is 3.67. The van der Waals surface area contributed by atoms with Gasteiger partial charge in [0.1, 0.15) is 5.75 Å². The average Bonchev–Trinajstić information content (AvgIpc) is 2.79. The average molecular weight is 388 g/mol. The molecular weight excluding hydrogens is 358 g/mol. The van der Waals surface area contributed by atoms with E-state index in [-0.39, 0.29) is 11.8 Å². The van der Waals surface area contributed by atoms with Crippen molar-refractivity contribution in [1.29, 1.82) is 0 Å². The van der Waals surface area contributed by atoms with E-state index < -0.39 is 15.4 Å². The smallest absolute Gasteiger partial charge is 0.180 e. The fourth-order valence-corrected chi connectivity index (χ4v) is 6.11. The van der Waals surface area contributed by atoms with Gasteiger partial charge in [0.25, 0.3) is 0 Å². The Kier molecular flexibility index (Phi) is 5.92. The highest BCUT2D eigenvalue weighted by molar-refractivity contribution is 7.91. The molecule has 2 atom stereocenters. The Bertz CT molecular complexity index is 877. The minimum absolute atomic E-state index is 0.139. The first-order chi connectivity index (χ1) is 12.9.